The Balaban J connectivity index is 1.36. The van der Waals surface area contributed by atoms with Crippen molar-refractivity contribution in [1.82, 2.24) is 5.32 Å². The van der Waals surface area contributed by atoms with Crippen LogP contribution in [0.4, 0.5) is 5.69 Å². The van der Waals surface area contributed by atoms with Crippen molar-refractivity contribution in [3.63, 3.8) is 0 Å². The summed E-state index contributed by atoms with van der Waals surface area (Å²) in [4.78, 5) is 24.6. The summed E-state index contributed by atoms with van der Waals surface area (Å²) in [6.07, 6.45) is 9.74. The van der Waals surface area contributed by atoms with Crippen molar-refractivity contribution in [2.24, 2.45) is 0 Å². The van der Waals surface area contributed by atoms with Crippen LogP contribution in [0.25, 0.3) is 6.08 Å². The summed E-state index contributed by atoms with van der Waals surface area (Å²) in [5, 5.41) is 5.79. The molecule has 0 bridgehead atoms. The third-order valence-corrected chi connectivity index (χ3v) is 5.17. The number of para-hydroxylation sites is 2. The van der Waals surface area contributed by atoms with Gasteiger partial charge >= 0.3 is 0 Å². The van der Waals surface area contributed by atoms with Gasteiger partial charge in [-0.15, -0.1) is 0 Å². The summed E-state index contributed by atoms with van der Waals surface area (Å²) >= 11 is 0. The molecule has 0 spiro atoms. The highest BCUT2D eigenvalue weighted by Gasteiger charge is 2.21. The third-order valence-electron chi connectivity index (χ3n) is 5.17. The average molecular weight is 388 g/mol. The van der Waals surface area contributed by atoms with E-state index in [4.69, 9.17) is 4.74 Å². The van der Waals surface area contributed by atoms with E-state index >= 15 is 0 Å². The summed E-state index contributed by atoms with van der Waals surface area (Å²) in [5.74, 6) is 0.466. The zero-order chi connectivity index (χ0) is 20.1. The molecular formula is C24H24N2O3. The van der Waals surface area contributed by atoms with Crippen molar-refractivity contribution in [2.75, 3.05) is 11.9 Å². The van der Waals surface area contributed by atoms with Gasteiger partial charge in [0.25, 0.3) is 11.8 Å². The molecule has 2 N–H and O–H groups in total. The van der Waals surface area contributed by atoms with Gasteiger partial charge in [-0.1, -0.05) is 35.9 Å². The van der Waals surface area contributed by atoms with Gasteiger partial charge in [0.05, 0.1) is 5.69 Å². The Bertz CT molecular complexity index is 974. The quantitative estimate of drug-likeness (QED) is 0.577. The van der Waals surface area contributed by atoms with E-state index in [1.807, 2.05) is 24.3 Å². The lowest BCUT2D eigenvalue weighted by atomic mass is 9.97. The molecule has 0 fully saturated rings. The Hall–Kier alpha value is -3.34. The largest absolute Gasteiger partial charge is 0.449 e. The molecule has 1 aliphatic heterocycles. The fourth-order valence-electron chi connectivity index (χ4n) is 3.56. The minimum absolute atomic E-state index is 0.0822. The number of rotatable bonds is 5. The fourth-order valence-corrected chi connectivity index (χ4v) is 3.56. The number of amides is 2. The van der Waals surface area contributed by atoms with Gasteiger partial charge in [-0.2, -0.15) is 0 Å². The highest BCUT2D eigenvalue weighted by Crippen LogP contribution is 2.30. The molecule has 0 radical (unpaired) electrons. The average Bonchev–Trinajstić information content (AvgIpc) is 2.75. The molecule has 0 unspecified atom stereocenters. The van der Waals surface area contributed by atoms with Crippen LogP contribution in [-0.4, -0.2) is 18.4 Å². The summed E-state index contributed by atoms with van der Waals surface area (Å²) in [6, 6.07) is 14.4. The van der Waals surface area contributed by atoms with Gasteiger partial charge < -0.3 is 15.4 Å². The maximum Gasteiger partial charge on any atom is 0.291 e. The lowest BCUT2D eigenvalue weighted by Gasteiger charge is -2.19. The smallest absolute Gasteiger partial charge is 0.291 e. The molecule has 29 heavy (non-hydrogen) atoms. The van der Waals surface area contributed by atoms with Crippen LogP contribution in [0.2, 0.25) is 0 Å². The Morgan fingerprint density at radius 2 is 1.93 bits per heavy atom. The minimum atomic E-state index is -0.289. The van der Waals surface area contributed by atoms with Crippen molar-refractivity contribution < 1.29 is 14.3 Å². The molecule has 1 aliphatic carbocycles. The molecule has 2 aliphatic rings. The number of carbonyl (C=O) groups excluding carboxylic acids is 2. The lowest BCUT2D eigenvalue weighted by Crippen LogP contribution is -2.25. The van der Waals surface area contributed by atoms with Crippen molar-refractivity contribution >= 4 is 23.6 Å². The maximum atomic E-state index is 12.3. The minimum Gasteiger partial charge on any atom is -0.449 e. The first-order valence-corrected chi connectivity index (χ1v) is 10.1. The number of nitrogens with one attached hydrogen (secondary N) is 2. The Kier molecular flexibility index (Phi) is 5.75. The van der Waals surface area contributed by atoms with Gasteiger partial charge in [0.15, 0.2) is 11.5 Å². The van der Waals surface area contributed by atoms with Gasteiger partial charge in [0.1, 0.15) is 0 Å². The monoisotopic (exact) mass is 388 g/mol. The highest BCUT2D eigenvalue weighted by molar-refractivity contribution is 6.08. The highest BCUT2D eigenvalue weighted by atomic mass is 16.5. The molecule has 1 heterocycles. The molecule has 2 amide bonds. The first kappa shape index (κ1) is 19.0. The first-order valence-electron chi connectivity index (χ1n) is 10.1. The van der Waals surface area contributed by atoms with Gasteiger partial charge in [0.2, 0.25) is 0 Å². The summed E-state index contributed by atoms with van der Waals surface area (Å²) in [7, 11) is 0. The van der Waals surface area contributed by atoms with Crippen LogP contribution in [0.5, 0.6) is 5.75 Å². The Labute approximate surface area is 170 Å². The topological polar surface area (TPSA) is 67.4 Å². The van der Waals surface area contributed by atoms with Crippen LogP contribution >= 0.6 is 0 Å². The van der Waals surface area contributed by atoms with Crippen LogP contribution in [0, 0.1) is 0 Å². The molecule has 2 aromatic carbocycles. The second-order valence-corrected chi connectivity index (χ2v) is 7.30. The van der Waals surface area contributed by atoms with Crippen molar-refractivity contribution in [1.29, 1.82) is 0 Å². The molecule has 148 valence electrons. The van der Waals surface area contributed by atoms with Crippen LogP contribution in [-0.2, 0) is 4.79 Å². The number of benzene rings is 2. The molecule has 5 heteroatoms. The van der Waals surface area contributed by atoms with Crippen molar-refractivity contribution in [3.05, 3.63) is 77.1 Å². The lowest BCUT2D eigenvalue weighted by molar-refractivity contribution is -0.115. The molecule has 4 rings (SSSR count). The second kappa shape index (κ2) is 8.78. The summed E-state index contributed by atoms with van der Waals surface area (Å²) in [6.45, 7) is 0.657. The maximum absolute atomic E-state index is 12.3. The van der Waals surface area contributed by atoms with E-state index in [0.29, 0.717) is 23.5 Å². The summed E-state index contributed by atoms with van der Waals surface area (Å²) in [5.41, 5.74) is 3.50. The van der Waals surface area contributed by atoms with Crippen LogP contribution in [0.15, 0.2) is 65.9 Å². The van der Waals surface area contributed by atoms with Crippen LogP contribution in [0.1, 0.15) is 48.0 Å². The van der Waals surface area contributed by atoms with Crippen LogP contribution < -0.4 is 15.4 Å². The van der Waals surface area contributed by atoms with E-state index < -0.39 is 0 Å². The fraction of sp³-hybridized carbons (Fsp3) is 0.250. The van der Waals surface area contributed by atoms with Gasteiger partial charge in [-0.05, 0) is 68.0 Å². The predicted molar refractivity (Wildman–Crippen MR) is 114 cm³/mol. The predicted octanol–water partition coefficient (Wildman–Crippen LogP) is 4.68. The number of allylic oxidation sites excluding steroid dienone is 1. The van der Waals surface area contributed by atoms with E-state index in [2.05, 4.69) is 16.7 Å². The van der Waals surface area contributed by atoms with Gasteiger partial charge in [0, 0.05) is 12.1 Å². The van der Waals surface area contributed by atoms with Gasteiger partial charge in [-0.3, -0.25) is 9.59 Å². The second-order valence-electron chi connectivity index (χ2n) is 7.30. The molecule has 0 aromatic heterocycles. The standard InChI is InChI=1S/C24H24N2O3/c27-23(25-15-14-17-6-2-1-3-7-17)19-12-10-18(11-13-19)16-22-24(28)26-20-8-4-5-9-21(20)29-22/h4-6,8-13,16H,1-3,7,14-15H2,(H,25,27)(H,26,28). The first-order chi connectivity index (χ1) is 14.2. The normalized spacial score (nSPS) is 17.0. The number of hydrogen-bond acceptors (Lipinski definition) is 3. The van der Waals surface area contributed by atoms with E-state index in [1.165, 1.54) is 18.4 Å². The molecule has 5 nitrogen and oxygen atoms in total. The Morgan fingerprint density at radius 1 is 1.10 bits per heavy atom. The molecule has 2 aromatic rings. The number of carbonyl (C=O) groups is 2. The SMILES string of the molecule is O=C1Nc2ccccc2OC1=Cc1ccc(C(=O)NCCC2=CCCCC2)cc1. The number of hydrogen-bond donors (Lipinski definition) is 2. The summed E-state index contributed by atoms with van der Waals surface area (Å²) < 4.78 is 5.70. The zero-order valence-electron chi connectivity index (χ0n) is 16.2. The number of anilines is 1. The van der Waals surface area contributed by atoms with E-state index in [0.717, 1.165) is 24.8 Å². The molecule has 0 atom stereocenters. The van der Waals surface area contributed by atoms with E-state index in [1.54, 1.807) is 30.3 Å². The van der Waals surface area contributed by atoms with E-state index in [-0.39, 0.29) is 17.6 Å². The van der Waals surface area contributed by atoms with Crippen molar-refractivity contribution in [2.45, 2.75) is 32.1 Å². The van der Waals surface area contributed by atoms with Crippen LogP contribution in [0.3, 0.4) is 0 Å². The van der Waals surface area contributed by atoms with E-state index in [9.17, 15) is 9.59 Å². The molecular weight excluding hydrogens is 364 g/mol. The molecule has 0 saturated heterocycles. The number of fused-ring (bicyclic) bond motifs is 1. The number of ether oxygens (including phenoxy) is 1. The molecule has 0 saturated carbocycles. The van der Waals surface area contributed by atoms with Crippen molar-refractivity contribution in [3.8, 4) is 5.75 Å². The third kappa shape index (κ3) is 4.74. The Morgan fingerprint density at radius 3 is 2.72 bits per heavy atom. The zero-order valence-corrected chi connectivity index (χ0v) is 16.2. The van der Waals surface area contributed by atoms with Gasteiger partial charge in [-0.25, -0.2) is 0 Å².